The minimum atomic E-state index is -3.89. The molecule has 1 heterocycles. The zero-order valence-corrected chi connectivity index (χ0v) is 17.7. The fourth-order valence-corrected chi connectivity index (χ4v) is 5.74. The van der Waals surface area contributed by atoms with Gasteiger partial charge in [0.05, 0.1) is 10.7 Å². The maximum atomic E-state index is 12.9. The fourth-order valence-electron chi connectivity index (χ4n) is 3.21. The first-order valence-electron chi connectivity index (χ1n) is 8.01. The maximum absolute atomic E-state index is 12.9. The molecule has 0 bridgehead atoms. The van der Waals surface area contributed by atoms with E-state index in [1.54, 1.807) is 29.2 Å². The Morgan fingerprint density at radius 3 is 2.62 bits per heavy atom. The number of benzene rings is 2. The van der Waals surface area contributed by atoms with Gasteiger partial charge in [-0.3, -0.25) is 9.52 Å². The Labute approximate surface area is 166 Å². The van der Waals surface area contributed by atoms with E-state index in [9.17, 15) is 13.2 Å². The van der Waals surface area contributed by atoms with E-state index in [0.29, 0.717) is 27.3 Å². The molecule has 3 rings (SSSR count). The Hall–Kier alpha value is -1.57. The number of rotatable bonds is 3. The molecule has 0 spiro atoms. The van der Waals surface area contributed by atoms with Crippen molar-refractivity contribution in [2.45, 2.75) is 38.1 Å². The summed E-state index contributed by atoms with van der Waals surface area (Å²) in [6.45, 7) is 5.29. The highest BCUT2D eigenvalue weighted by Gasteiger charge is 2.32. The third kappa shape index (κ3) is 3.48. The zero-order chi connectivity index (χ0) is 19.2. The third-order valence-electron chi connectivity index (χ3n) is 4.35. The van der Waals surface area contributed by atoms with E-state index in [4.69, 9.17) is 11.6 Å². The molecule has 138 valence electrons. The van der Waals surface area contributed by atoms with Gasteiger partial charge in [0.15, 0.2) is 0 Å². The molecule has 0 saturated carbocycles. The summed E-state index contributed by atoms with van der Waals surface area (Å²) in [5.74, 6) is -0.114. The second-order valence-corrected chi connectivity index (χ2v) is 9.35. The number of carbonyl (C=O) groups is 1. The van der Waals surface area contributed by atoms with Gasteiger partial charge in [0.1, 0.15) is 4.90 Å². The van der Waals surface area contributed by atoms with Crippen molar-refractivity contribution in [1.29, 1.82) is 0 Å². The number of aryl methyl sites for hydroxylation is 1. The summed E-state index contributed by atoms with van der Waals surface area (Å²) in [7, 11) is -3.89. The fraction of sp³-hybridized carbons (Fsp3) is 0.278. The second kappa shape index (κ2) is 6.87. The predicted molar refractivity (Wildman–Crippen MR) is 107 cm³/mol. The lowest BCUT2D eigenvalue weighted by Crippen LogP contribution is -2.33. The van der Waals surface area contributed by atoms with Crippen molar-refractivity contribution in [1.82, 2.24) is 0 Å². The Balaban J connectivity index is 2.05. The van der Waals surface area contributed by atoms with Crippen LogP contribution in [0.4, 0.5) is 11.4 Å². The molecule has 1 N–H and O–H groups in total. The monoisotopic (exact) mass is 456 g/mol. The van der Waals surface area contributed by atoms with Crippen LogP contribution in [0.5, 0.6) is 0 Å². The van der Waals surface area contributed by atoms with Gasteiger partial charge in [0.2, 0.25) is 5.91 Å². The molecular formula is C18H18BrClN2O3S. The van der Waals surface area contributed by atoms with Crippen LogP contribution in [-0.2, 0) is 21.2 Å². The summed E-state index contributed by atoms with van der Waals surface area (Å²) >= 11 is 9.50. The lowest BCUT2D eigenvalue weighted by atomic mass is 10.1. The Bertz CT molecular complexity index is 1010. The van der Waals surface area contributed by atoms with Gasteiger partial charge in [-0.25, -0.2) is 8.42 Å². The number of sulfonamides is 1. The highest BCUT2D eigenvalue weighted by molar-refractivity contribution is 9.10. The number of amides is 1. The van der Waals surface area contributed by atoms with Crippen molar-refractivity contribution in [3.05, 3.63) is 51.0 Å². The molecule has 1 atom stereocenters. The van der Waals surface area contributed by atoms with Gasteiger partial charge in [-0.1, -0.05) is 17.7 Å². The first kappa shape index (κ1) is 19.2. The molecule has 0 aromatic heterocycles. The van der Waals surface area contributed by atoms with Gasteiger partial charge >= 0.3 is 0 Å². The average molecular weight is 458 g/mol. The number of hydrogen-bond donors (Lipinski definition) is 1. The van der Waals surface area contributed by atoms with E-state index < -0.39 is 10.0 Å². The van der Waals surface area contributed by atoms with Crippen LogP contribution in [0.2, 0.25) is 5.02 Å². The molecule has 1 amide bonds. The van der Waals surface area contributed by atoms with E-state index >= 15 is 0 Å². The number of halogens is 2. The number of anilines is 2. The molecule has 2 aromatic carbocycles. The second-order valence-electron chi connectivity index (χ2n) is 6.44. The Morgan fingerprint density at radius 1 is 1.31 bits per heavy atom. The van der Waals surface area contributed by atoms with E-state index in [-0.39, 0.29) is 16.8 Å². The minimum absolute atomic E-state index is 0.00754. The largest absolute Gasteiger partial charge is 0.309 e. The molecule has 2 aromatic rings. The summed E-state index contributed by atoms with van der Waals surface area (Å²) in [5.41, 5.74) is 2.81. The minimum Gasteiger partial charge on any atom is -0.309 e. The van der Waals surface area contributed by atoms with Crippen LogP contribution in [0.3, 0.4) is 0 Å². The van der Waals surface area contributed by atoms with Crippen molar-refractivity contribution >= 4 is 54.8 Å². The molecular weight excluding hydrogens is 440 g/mol. The first-order valence-corrected chi connectivity index (χ1v) is 10.7. The van der Waals surface area contributed by atoms with Crippen molar-refractivity contribution in [2.75, 3.05) is 9.62 Å². The van der Waals surface area contributed by atoms with E-state index in [1.165, 1.54) is 13.0 Å². The SMILES string of the molecule is CC(=O)N1c2cc(S(=O)(=O)Nc3ccc(C)cc3Cl)c(Br)cc2CC1C. The molecule has 26 heavy (non-hydrogen) atoms. The van der Waals surface area contributed by atoms with Crippen LogP contribution in [0.15, 0.2) is 39.7 Å². The summed E-state index contributed by atoms with van der Waals surface area (Å²) in [4.78, 5) is 13.7. The predicted octanol–water partition coefficient (Wildman–Crippen LogP) is 4.51. The number of carbonyl (C=O) groups excluding carboxylic acids is 1. The highest BCUT2D eigenvalue weighted by Crippen LogP contribution is 2.38. The van der Waals surface area contributed by atoms with Crippen LogP contribution in [0.1, 0.15) is 25.0 Å². The van der Waals surface area contributed by atoms with Crippen molar-refractivity contribution in [3.8, 4) is 0 Å². The molecule has 1 aliphatic rings. The zero-order valence-electron chi connectivity index (χ0n) is 14.5. The van der Waals surface area contributed by atoms with E-state index in [2.05, 4.69) is 20.7 Å². The number of nitrogens with one attached hydrogen (secondary N) is 1. The maximum Gasteiger partial charge on any atom is 0.263 e. The van der Waals surface area contributed by atoms with Crippen molar-refractivity contribution in [3.63, 3.8) is 0 Å². The van der Waals surface area contributed by atoms with Gasteiger partial charge in [0, 0.05) is 23.1 Å². The molecule has 5 nitrogen and oxygen atoms in total. The standard InChI is InChI=1S/C18H18BrClN2O3S/c1-10-4-5-16(15(20)6-10)21-26(24,25)18-9-17-13(8-14(18)19)7-11(2)22(17)12(3)23/h4-6,8-9,11,21H,7H2,1-3H3. The smallest absolute Gasteiger partial charge is 0.263 e. The topological polar surface area (TPSA) is 66.5 Å². The summed E-state index contributed by atoms with van der Waals surface area (Å²) in [5, 5.41) is 0.324. The summed E-state index contributed by atoms with van der Waals surface area (Å²) in [6.07, 6.45) is 0.686. The van der Waals surface area contributed by atoms with Crippen LogP contribution in [0, 0.1) is 6.92 Å². The van der Waals surface area contributed by atoms with Crippen LogP contribution < -0.4 is 9.62 Å². The van der Waals surface area contributed by atoms with Gasteiger partial charge < -0.3 is 4.90 Å². The van der Waals surface area contributed by atoms with Gasteiger partial charge in [0.25, 0.3) is 10.0 Å². The van der Waals surface area contributed by atoms with Gasteiger partial charge in [-0.05, 0) is 71.6 Å². The number of nitrogens with zero attached hydrogens (tertiary/aromatic N) is 1. The lowest BCUT2D eigenvalue weighted by molar-refractivity contribution is -0.116. The molecule has 0 saturated heterocycles. The molecule has 0 aliphatic carbocycles. The van der Waals surface area contributed by atoms with Gasteiger partial charge in [-0.15, -0.1) is 0 Å². The van der Waals surface area contributed by atoms with E-state index in [0.717, 1.165) is 11.1 Å². The highest BCUT2D eigenvalue weighted by atomic mass is 79.9. The van der Waals surface area contributed by atoms with Crippen LogP contribution in [0.25, 0.3) is 0 Å². The van der Waals surface area contributed by atoms with Crippen LogP contribution in [-0.4, -0.2) is 20.4 Å². The Kier molecular flexibility index (Phi) is 5.07. The van der Waals surface area contributed by atoms with Crippen LogP contribution >= 0.6 is 27.5 Å². The lowest BCUT2D eigenvalue weighted by Gasteiger charge is -2.21. The summed E-state index contributed by atoms with van der Waals surface area (Å²) < 4.78 is 28.8. The quantitative estimate of drug-likeness (QED) is 0.737. The normalized spacial score (nSPS) is 16.5. The van der Waals surface area contributed by atoms with Crippen molar-refractivity contribution < 1.29 is 13.2 Å². The molecule has 0 fully saturated rings. The van der Waals surface area contributed by atoms with E-state index in [1.807, 2.05) is 13.8 Å². The Morgan fingerprint density at radius 2 is 2.00 bits per heavy atom. The first-order chi connectivity index (χ1) is 12.1. The molecule has 0 radical (unpaired) electrons. The molecule has 1 unspecified atom stereocenters. The van der Waals surface area contributed by atoms with Gasteiger partial charge in [-0.2, -0.15) is 0 Å². The third-order valence-corrected chi connectivity index (χ3v) is 6.98. The van der Waals surface area contributed by atoms with Crippen molar-refractivity contribution in [2.24, 2.45) is 0 Å². The number of fused-ring (bicyclic) bond motifs is 1. The molecule has 1 aliphatic heterocycles. The molecule has 8 heteroatoms. The average Bonchev–Trinajstić information content (AvgIpc) is 2.84. The number of hydrogen-bond acceptors (Lipinski definition) is 3. The summed E-state index contributed by atoms with van der Waals surface area (Å²) in [6, 6.07) is 8.39.